The second-order valence-corrected chi connectivity index (χ2v) is 9.88. The number of amides is 1. The molecule has 0 spiro atoms. The normalized spacial score (nSPS) is 25.5. The fraction of sp³-hybridized carbons (Fsp3) is 0.714. The van der Waals surface area contributed by atoms with Crippen LogP contribution in [0.3, 0.4) is 0 Å². The molecule has 1 amide bonds. The Balaban J connectivity index is 1.95. The molecule has 4 atom stereocenters. The van der Waals surface area contributed by atoms with Crippen LogP contribution < -0.4 is 11.2 Å². The highest BCUT2D eigenvalue weighted by Crippen LogP contribution is 2.42. The molecule has 2 unspecified atom stereocenters. The number of aliphatic hydroxyl groups is 1. The minimum absolute atomic E-state index is 0.0978. The maximum Gasteiger partial charge on any atom is 0.471 e. The molecule has 2 fully saturated rings. The van der Waals surface area contributed by atoms with Crippen LogP contribution >= 0.6 is 0 Å². The molecular weight excluding hydrogens is 495 g/mol. The van der Waals surface area contributed by atoms with Gasteiger partial charge >= 0.3 is 23.7 Å². The molecule has 15 heteroatoms. The Morgan fingerprint density at radius 3 is 2.36 bits per heavy atom. The van der Waals surface area contributed by atoms with Gasteiger partial charge in [-0.1, -0.05) is 0 Å². The van der Waals surface area contributed by atoms with E-state index in [1.54, 1.807) is 13.8 Å². The van der Waals surface area contributed by atoms with Crippen LogP contribution in [0.4, 0.5) is 13.2 Å². The molecule has 2 aliphatic heterocycles. The van der Waals surface area contributed by atoms with Gasteiger partial charge in [0.2, 0.25) is 0 Å². The van der Waals surface area contributed by atoms with E-state index in [-0.39, 0.29) is 4.90 Å². The zero-order valence-electron chi connectivity index (χ0n) is 20.2. The summed E-state index contributed by atoms with van der Waals surface area (Å²) in [5, 5.41) is 9.64. The van der Waals surface area contributed by atoms with Crippen molar-refractivity contribution < 1.29 is 46.8 Å². The molecule has 0 aromatic carbocycles. The van der Waals surface area contributed by atoms with Crippen LogP contribution in [0.15, 0.2) is 15.8 Å². The molecule has 0 bridgehead atoms. The third-order valence-corrected chi connectivity index (χ3v) is 5.25. The van der Waals surface area contributed by atoms with Gasteiger partial charge in [0.15, 0.2) is 12.0 Å². The number of aliphatic hydroxyl groups excluding tert-OH is 1. The van der Waals surface area contributed by atoms with Crippen molar-refractivity contribution in [1.29, 1.82) is 0 Å². The number of nitrogens with zero attached hydrogens (tertiary/aromatic N) is 2. The van der Waals surface area contributed by atoms with Gasteiger partial charge < -0.3 is 29.0 Å². The number of carbonyl (C=O) groups is 2. The number of carbonyl (C=O) groups excluding carboxylic acids is 2. The van der Waals surface area contributed by atoms with Crippen molar-refractivity contribution in [3.8, 4) is 0 Å². The summed E-state index contributed by atoms with van der Waals surface area (Å²) in [6.45, 7) is 5.14. The second-order valence-electron chi connectivity index (χ2n) is 9.88. The van der Waals surface area contributed by atoms with E-state index >= 15 is 0 Å². The van der Waals surface area contributed by atoms with Crippen LogP contribution in [0.25, 0.3) is 0 Å². The minimum Gasteiger partial charge on any atom is -0.459 e. The summed E-state index contributed by atoms with van der Waals surface area (Å²) in [5.41, 5.74) is -3.52. The van der Waals surface area contributed by atoms with Crippen molar-refractivity contribution in [3.63, 3.8) is 0 Å². The van der Waals surface area contributed by atoms with Gasteiger partial charge in [-0.15, -0.1) is 0 Å². The molecule has 0 radical (unpaired) electrons. The maximum absolute atomic E-state index is 13.2. The van der Waals surface area contributed by atoms with Crippen LogP contribution in [-0.4, -0.2) is 80.5 Å². The van der Waals surface area contributed by atoms with E-state index in [0.29, 0.717) is 0 Å². The maximum atomic E-state index is 13.2. The summed E-state index contributed by atoms with van der Waals surface area (Å²) in [4.78, 5) is 51.3. The summed E-state index contributed by atoms with van der Waals surface area (Å²) in [6.07, 6.45) is -8.20. The number of rotatable bonds is 6. The smallest absolute Gasteiger partial charge is 0.459 e. The van der Waals surface area contributed by atoms with Crippen LogP contribution in [0, 0.1) is 0 Å². The number of aromatic nitrogens is 2. The Bertz CT molecular complexity index is 1120. The number of esters is 1. The van der Waals surface area contributed by atoms with Crippen LogP contribution in [0.1, 0.15) is 46.4 Å². The van der Waals surface area contributed by atoms with Crippen molar-refractivity contribution in [2.75, 3.05) is 13.2 Å². The molecule has 0 saturated carbocycles. The van der Waals surface area contributed by atoms with Crippen LogP contribution in [0.2, 0.25) is 0 Å². The predicted octanol–water partition coefficient (Wildman–Crippen LogP) is 0.179. The number of ether oxygens (including phenoxy) is 4. The minimum atomic E-state index is -5.35. The van der Waals surface area contributed by atoms with E-state index < -0.39 is 90.5 Å². The Morgan fingerprint density at radius 1 is 1.19 bits per heavy atom. The molecule has 2 saturated heterocycles. The van der Waals surface area contributed by atoms with Crippen molar-refractivity contribution in [3.05, 3.63) is 32.6 Å². The average molecular weight is 523 g/mol. The Labute approximate surface area is 202 Å². The fourth-order valence-electron chi connectivity index (χ4n) is 3.97. The van der Waals surface area contributed by atoms with Gasteiger partial charge in [-0.25, -0.2) is 4.79 Å². The first-order chi connectivity index (χ1) is 16.4. The van der Waals surface area contributed by atoms with E-state index in [2.05, 4.69) is 0 Å². The summed E-state index contributed by atoms with van der Waals surface area (Å²) >= 11 is 0. The summed E-state index contributed by atoms with van der Waals surface area (Å²) < 4.78 is 62.7. The highest BCUT2D eigenvalue weighted by Gasteiger charge is 2.56. The molecule has 1 aromatic rings. The van der Waals surface area contributed by atoms with Crippen LogP contribution in [0.5, 0.6) is 0 Å². The Morgan fingerprint density at radius 2 is 1.81 bits per heavy atom. The lowest BCUT2D eigenvalue weighted by molar-refractivity contribution is -0.200. The number of fused-ring (bicyclic) bond motifs is 1. The summed E-state index contributed by atoms with van der Waals surface area (Å²) in [5.74, 6) is -4.59. The van der Waals surface area contributed by atoms with Gasteiger partial charge in [-0.05, 0) is 34.6 Å². The first-order valence-corrected chi connectivity index (χ1v) is 11.0. The van der Waals surface area contributed by atoms with Gasteiger partial charge in [0, 0.05) is 6.20 Å². The monoisotopic (exact) mass is 523 g/mol. The quantitative estimate of drug-likeness (QED) is 0.498. The lowest BCUT2D eigenvalue weighted by Gasteiger charge is -2.26. The van der Waals surface area contributed by atoms with Crippen molar-refractivity contribution >= 4 is 11.9 Å². The van der Waals surface area contributed by atoms with Gasteiger partial charge in [0.05, 0.1) is 18.7 Å². The molecule has 1 aromatic heterocycles. The number of H-pyrrole nitrogens is 1. The van der Waals surface area contributed by atoms with Crippen LogP contribution in [-0.2, 0) is 35.1 Å². The third-order valence-electron chi connectivity index (χ3n) is 5.25. The topological polar surface area (TPSA) is 149 Å². The lowest BCUT2D eigenvalue weighted by Crippen LogP contribution is -2.46. The highest BCUT2D eigenvalue weighted by atomic mass is 19.4. The van der Waals surface area contributed by atoms with Crippen molar-refractivity contribution in [2.24, 2.45) is 0 Å². The van der Waals surface area contributed by atoms with E-state index in [1.807, 2.05) is 4.98 Å². The predicted molar refractivity (Wildman–Crippen MR) is 113 cm³/mol. The molecule has 3 heterocycles. The summed E-state index contributed by atoms with van der Waals surface area (Å²) in [6, 6.07) is 0. The molecule has 2 N–H and O–H groups in total. The zero-order valence-corrected chi connectivity index (χ0v) is 20.2. The number of nitrogens with one attached hydrogen (secondary N) is 1. The van der Waals surface area contributed by atoms with Gasteiger partial charge in [-0.2, -0.15) is 13.2 Å². The van der Waals surface area contributed by atoms with E-state index in [0.717, 1.165) is 10.8 Å². The van der Waals surface area contributed by atoms with Gasteiger partial charge in [0.25, 0.3) is 5.56 Å². The SMILES string of the molecule is CC(C)(C)OC(=O)CN(Cc1cn([C@@H]2O[C@H](CO)C3OC(C)(C)OC32)c(=O)[nH]c1=O)C(=O)C(F)(F)F. The number of hydrogen-bond acceptors (Lipinski definition) is 9. The van der Waals surface area contributed by atoms with Crippen molar-refractivity contribution in [2.45, 2.75) is 83.3 Å². The standard InChI is InChI=1S/C21H28F3N3O9/c1-19(2,3)34-12(29)8-26(17(31)21(22,23)24)6-10-7-27(18(32)25-15(10)30)16-14-13(11(9-28)33-16)35-20(4,5)36-14/h7,11,13-14,16,28H,6,8-9H2,1-5H3,(H,25,30,32)/t11-,13?,14?,16-/m1/s1. The van der Waals surface area contributed by atoms with E-state index in [9.17, 15) is 37.5 Å². The molecule has 2 aliphatic rings. The molecule has 36 heavy (non-hydrogen) atoms. The van der Waals surface area contributed by atoms with E-state index in [4.69, 9.17) is 18.9 Å². The highest BCUT2D eigenvalue weighted by molar-refractivity contribution is 5.85. The van der Waals surface area contributed by atoms with Gasteiger partial charge in [-0.3, -0.25) is 23.9 Å². The first kappa shape index (κ1) is 27.8. The number of aromatic amines is 1. The lowest BCUT2D eigenvalue weighted by atomic mass is 10.1. The molecule has 202 valence electrons. The second kappa shape index (κ2) is 9.61. The molecular formula is C21H28F3N3O9. The molecule has 12 nitrogen and oxygen atoms in total. The van der Waals surface area contributed by atoms with Crippen molar-refractivity contribution in [1.82, 2.24) is 14.5 Å². The zero-order chi connectivity index (χ0) is 27.2. The average Bonchev–Trinajstić information content (AvgIpc) is 3.19. The fourth-order valence-corrected chi connectivity index (χ4v) is 3.97. The molecule has 3 rings (SSSR count). The van der Waals surface area contributed by atoms with E-state index in [1.165, 1.54) is 20.8 Å². The number of halogens is 3. The molecule has 0 aliphatic carbocycles. The van der Waals surface area contributed by atoms with Gasteiger partial charge in [0.1, 0.15) is 30.5 Å². The Hall–Kier alpha value is -2.75. The Kier molecular flexibility index (Phi) is 7.43. The largest absolute Gasteiger partial charge is 0.471 e. The first-order valence-electron chi connectivity index (χ1n) is 11.0. The third kappa shape index (κ3) is 6.14. The summed E-state index contributed by atoms with van der Waals surface area (Å²) in [7, 11) is 0. The number of hydrogen-bond donors (Lipinski definition) is 2. The number of alkyl halides is 3.